The van der Waals surface area contributed by atoms with Gasteiger partial charge >= 0.3 is 0 Å². The van der Waals surface area contributed by atoms with E-state index in [9.17, 15) is 13.6 Å². The molecule has 1 fully saturated rings. The van der Waals surface area contributed by atoms with E-state index in [0.29, 0.717) is 5.56 Å². The molecule has 1 saturated carbocycles. The minimum atomic E-state index is -0.316. The molecule has 2 aliphatic rings. The fraction of sp³-hybridized carbons (Fsp3) is 0.185. The van der Waals surface area contributed by atoms with Gasteiger partial charge in [0.2, 0.25) is 0 Å². The Morgan fingerprint density at radius 3 is 2.24 bits per heavy atom. The number of hydrazone groups is 1. The highest BCUT2D eigenvalue weighted by Crippen LogP contribution is 2.45. The summed E-state index contributed by atoms with van der Waals surface area (Å²) in [5.74, 6) is -0.779. The summed E-state index contributed by atoms with van der Waals surface area (Å²) in [5, 5.41) is 6.39. The first-order valence-electron chi connectivity index (χ1n) is 10.9. The molecule has 1 amide bonds. The summed E-state index contributed by atoms with van der Waals surface area (Å²) in [5.41, 5.74) is 4.22. The van der Waals surface area contributed by atoms with Crippen molar-refractivity contribution in [3.8, 4) is 0 Å². The minimum Gasteiger partial charge on any atom is -0.267 e. The SMILES string of the molecule is O=C(c1ccc(Br)cc1)N1N=C2C(=Cc3ccc(F)cc3)CCCC2C1c1ccc(F)cc1. The number of allylic oxidation sites excluding steroid dienone is 1. The summed E-state index contributed by atoms with van der Waals surface area (Å²) in [4.78, 5) is 13.5. The van der Waals surface area contributed by atoms with Crippen molar-refractivity contribution < 1.29 is 13.6 Å². The van der Waals surface area contributed by atoms with E-state index in [2.05, 4.69) is 15.9 Å². The molecule has 1 heterocycles. The number of fused-ring (bicyclic) bond motifs is 1. The van der Waals surface area contributed by atoms with Crippen LogP contribution in [0.25, 0.3) is 6.08 Å². The summed E-state index contributed by atoms with van der Waals surface area (Å²) in [6.45, 7) is 0. The molecule has 166 valence electrons. The highest BCUT2D eigenvalue weighted by molar-refractivity contribution is 9.10. The minimum absolute atomic E-state index is 0.00954. The molecule has 2 atom stereocenters. The lowest BCUT2D eigenvalue weighted by molar-refractivity contribution is 0.0681. The molecular weight excluding hydrogens is 486 g/mol. The number of hydrogen-bond donors (Lipinski definition) is 0. The van der Waals surface area contributed by atoms with E-state index >= 15 is 0 Å². The van der Waals surface area contributed by atoms with Crippen LogP contribution in [0.4, 0.5) is 8.78 Å². The van der Waals surface area contributed by atoms with Gasteiger partial charge in [-0.1, -0.05) is 40.2 Å². The topological polar surface area (TPSA) is 32.7 Å². The van der Waals surface area contributed by atoms with Gasteiger partial charge in [0.05, 0.1) is 11.8 Å². The summed E-state index contributed by atoms with van der Waals surface area (Å²) in [6, 6.07) is 19.6. The summed E-state index contributed by atoms with van der Waals surface area (Å²) < 4.78 is 27.9. The third-order valence-corrected chi connectivity index (χ3v) is 6.75. The first-order valence-corrected chi connectivity index (χ1v) is 11.7. The Bertz CT molecular complexity index is 1230. The number of hydrogen-bond acceptors (Lipinski definition) is 2. The van der Waals surface area contributed by atoms with Crippen LogP contribution in [0.5, 0.6) is 0 Å². The molecular formula is C27H21BrF2N2O. The Kier molecular flexibility index (Phi) is 5.94. The van der Waals surface area contributed by atoms with Crippen LogP contribution in [0.2, 0.25) is 0 Å². The molecule has 1 aliphatic heterocycles. The predicted octanol–water partition coefficient (Wildman–Crippen LogP) is 7.16. The van der Waals surface area contributed by atoms with Crippen LogP contribution in [0.1, 0.15) is 46.8 Å². The van der Waals surface area contributed by atoms with Gasteiger partial charge in [-0.15, -0.1) is 0 Å². The van der Waals surface area contributed by atoms with Crippen LogP contribution in [0.15, 0.2) is 87.9 Å². The number of amides is 1. The third kappa shape index (κ3) is 4.40. The molecule has 0 radical (unpaired) electrons. The second-order valence-electron chi connectivity index (χ2n) is 8.36. The average molecular weight is 507 g/mol. The molecule has 33 heavy (non-hydrogen) atoms. The normalized spacial score (nSPS) is 21.1. The van der Waals surface area contributed by atoms with E-state index < -0.39 is 0 Å². The third-order valence-electron chi connectivity index (χ3n) is 6.22. The quantitative estimate of drug-likeness (QED) is 0.370. The van der Waals surface area contributed by atoms with Gasteiger partial charge in [-0.05, 0) is 90.6 Å². The maximum Gasteiger partial charge on any atom is 0.274 e. The lowest BCUT2D eigenvalue weighted by atomic mass is 9.77. The van der Waals surface area contributed by atoms with Crippen molar-refractivity contribution in [3.63, 3.8) is 0 Å². The Balaban J connectivity index is 1.57. The highest BCUT2D eigenvalue weighted by atomic mass is 79.9. The van der Waals surface area contributed by atoms with Crippen molar-refractivity contribution >= 4 is 33.6 Å². The molecule has 2 unspecified atom stereocenters. The van der Waals surface area contributed by atoms with E-state index in [0.717, 1.165) is 46.1 Å². The Morgan fingerprint density at radius 1 is 0.939 bits per heavy atom. The lowest BCUT2D eigenvalue weighted by Crippen LogP contribution is -2.31. The van der Waals surface area contributed by atoms with Gasteiger partial charge in [0.15, 0.2) is 0 Å². The van der Waals surface area contributed by atoms with Crippen LogP contribution in [-0.2, 0) is 0 Å². The first kappa shape index (κ1) is 21.7. The van der Waals surface area contributed by atoms with Crippen LogP contribution in [0.3, 0.4) is 0 Å². The van der Waals surface area contributed by atoms with Gasteiger partial charge in [-0.2, -0.15) is 5.10 Å². The van der Waals surface area contributed by atoms with E-state index in [-0.39, 0.29) is 29.5 Å². The van der Waals surface area contributed by atoms with Crippen LogP contribution in [-0.4, -0.2) is 16.6 Å². The van der Waals surface area contributed by atoms with Crippen molar-refractivity contribution in [2.45, 2.75) is 25.3 Å². The zero-order valence-electron chi connectivity index (χ0n) is 17.7. The molecule has 1 aliphatic carbocycles. The van der Waals surface area contributed by atoms with Gasteiger partial charge in [0, 0.05) is 16.0 Å². The molecule has 0 aromatic heterocycles. The number of rotatable bonds is 3. The fourth-order valence-electron chi connectivity index (χ4n) is 4.65. The van der Waals surface area contributed by atoms with Crippen molar-refractivity contribution in [1.29, 1.82) is 0 Å². The predicted molar refractivity (Wildman–Crippen MR) is 129 cm³/mol. The lowest BCUT2D eigenvalue weighted by Gasteiger charge is -2.29. The van der Waals surface area contributed by atoms with Gasteiger partial charge < -0.3 is 0 Å². The van der Waals surface area contributed by atoms with Crippen molar-refractivity contribution in [3.05, 3.63) is 111 Å². The van der Waals surface area contributed by atoms with Gasteiger partial charge in [0.1, 0.15) is 11.6 Å². The van der Waals surface area contributed by atoms with Gasteiger partial charge in [-0.25, -0.2) is 13.8 Å². The summed E-state index contributed by atoms with van der Waals surface area (Å²) in [7, 11) is 0. The summed E-state index contributed by atoms with van der Waals surface area (Å²) >= 11 is 3.41. The number of carbonyl (C=O) groups excluding carboxylic acids is 1. The molecule has 5 rings (SSSR count). The molecule has 0 bridgehead atoms. The largest absolute Gasteiger partial charge is 0.274 e. The summed E-state index contributed by atoms with van der Waals surface area (Å²) in [6.07, 6.45) is 4.70. The molecule has 0 spiro atoms. The number of halogens is 3. The van der Waals surface area contributed by atoms with Crippen molar-refractivity contribution in [2.75, 3.05) is 0 Å². The van der Waals surface area contributed by atoms with E-state index in [1.807, 2.05) is 18.2 Å². The molecule has 3 aromatic carbocycles. The molecule has 3 aromatic rings. The van der Waals surface area contributed by atoms with E-state index in [1.54, 1.807) is 41.4 Å². The Hall–Kier alpha value is -3.12. The number of benzene rings is 3. The monoisotopic (exact) mass is 506 g/mol. The smallest absolute Gasteiger partial charge is 0.267 e. The molecule has 0 saturated heterocycles. The van der Waals surface area contributed by atoms with Crippen molar-refractivity contribution in [1.82, 2.24) is 5.01 Å². The second-order valence-corrected chi connectivity index (χ2v) is 9.27. The first-order chi connectivity index (χ1) is 16.0. The van der Waals surface area contributed by atoms with Crippen molar-refractivity contribution in [2.24, 2.45) is 11.0 Å². The standard InChI is InChI=1S/C27H21BrF2N2O/c28-21-10-6-19(7-11-21)27(33)32-26(18-8-14-23(30)15-9-18)24-3-1-2-20(25(24)31-32)16-17-4-12-22(29)13-5-17/h4-16,24,26H,1-3H2. The maximum absolute atomic E-state index is 13.6. The Morgan fingerprint density at radius 2 is 1.58 bits per heavy atom. The van der Waals surface area contributed by atoms with E-state index in [1.165, 1.54) is 24.3 Å². The van der Waals surface area contributed by atoms with Crippen LogP contribution >= 0.6 is 15.9 Å². The molecule has 3 nitrogen and oxygen atoms in total. The molecule has 0 N–H and O–H groups in total. The van der Waals surface area contributed by atoms with Crippen LogP contribution < -0.4 is 0 Å². The van der Waals surface area contributed by atoms with Crippen LogP contribution in [0, 0.1) is 17.6 Å². The van der Waals surface area contributed by atoms with Gasteiger partial charge in [-0.3, -0.25) is 4.79 Å². The average Bonchev–Trinajstić information content (AvgIpc) is 3.22. The second kappa shape index (κ2) is 9.02. The zero-order valence-corrected chi connectivity index (χ0v) is 19.3. The maximum atomic E-state index is 13.6. The van der Waals surface area contributed by atoms with E-state index in [4.69, 9.17) is 5.10 Å². The highest BCUT2D eigenvalue weighted by Gasteiger charge is 2.43. The van der Waals surface area contributed by atoms with Gasteiger partial charge in [0.25, 0.3) is 5.91 Å². The number of carbonyl (C=O) groups is 1. The fourth-order valence-corrected chi connectivity index (χ4v) is 4.91. The molecule has 6 heteroatoms. The Labute approximate surface area is 199 Å². The number of nitrogens with zero attached hydrogens (tertiary/aromatic N) is 2. The zero-order chi connectivity index (χ0) is 22.9.